The topological polar surface area (TPSA) is 56.1 Å². The number of methoxy groups -OCH3 is 1. The lowest BCUT2D eigenvalue weighted by molar-refractivity contribution is 0.358. The minimum Gasteiger partial charge on any atom is -0.497 e. The lowest BCUT2D eigenvalue weighted by atomic mass is 10.1. The van der Waals surface area contributed by atoms with Gasteiger partial charge in [-0.2, -0.15) is 0 Å². The standard InChI is InChI=1S/C16H19N3O2/c1-21-14-4-2-12(3-5-14)15-10-16(20)19(11-18-15)13-6-8-17-9-7-13/h2-5,10-11,13,17H,6-9H2,1H3. The summed E-state index contributed by atoms with van der Waals surface area (Å²) in [6, 6.07) is 9.44. The van der Waals surface area contributed by atoms with Crippen LogP contribution in [0, 0.1) is 0 Å². The van der Waals surface area contributed by atoms with E-state index in [1.807, 2.05) is 24.3 Å². The van der Waals surface area contributed by atoms with Gasteiger partial charge in [-0.05, 0) is 50.2 Å². The summed E-state index contributed by atoms with van der Waals surface area (Å²) >= 11 is 0. The molecule has 0 bridgehead atoms. The highest BCUT2D eigenvalue weighted by Crippen LogP contribution is 2.20. The van der Waals surface area contributed by atoms with Gasteiger partial charge in [-0.15, -0.1) is 0 Å². The zero-order chi connectivity index (χ0) is 14.7. The molecule has 2 heterocycles. The maximum atomic E-state index is 12.3. The van der Waals surface area contributed by atoms with Crippen molar-refractivity contribution in [2.75, 3.05) is 20.2 Å². The Balaban J connectivity index is 1.87. The third kappa shape index (κ3) is 2.97. The summed E-state index contributed by atoms with van der Waals surface area (Å²) in [7, 11) is 1.63. The summed E-state index contributed by atoms with van der Waals surface area (Å²) in [5, 5.41) is 3.30. The summed E-state index contributed by atoms with van der Waals surface area (Å²) < 4.78 is 6.89. The second kappa shape index (κ2) is 6.10. The molecule has 1 aromatic carbocycles. The molecule has 1 aromatic heterocycles. The third-order valence-electron chi connectivity index (χ3n) is 3.92. The van der Waals surface area contributed by atoms with Crippen molar-refractivity contribution >= 4 is 0 Å². The minimum atomic E-state index is 0.0164. The molecule has 1 aliphatic rings. The molecule has 3 rings (SSSR count). The number of piperidine rings is 1. The third-order valence-corrected chi connectivity index (χ3v) is 3.92. The predicted octanol–water partition coefficient (Wildman–Crippen LogP) is 1.84. The van der Waals surface area contributed by atoms with Crippen molar-refractivity contribution in [3.05, 3.63) is 47.0 Å². The molecule has 0 unspecified atom stereocenters. The van der Waals surface area contributed by atoms with Gasteiger partial charge in [0.2, 0.25) is 0 Å². The van der Waals surface area contributed by atoms with Crippen LogP contribution in [0.4, 0.5) is 0 Å². The number of nitrogens with zero attached hydrogens (tertiary/aromatic N) is 2. The first-order valence-corrected chi connectivity index (χ1v) is 7.21. The average molecular weight is 285 g/mol. The molecular weight excluding hydrogens is 266 g/mol. The number of aromatic nitrogens is 2. The summed E-state index contributed by atoms with van der Waals surface area (Å²) in [5.41, 5.74) is 1.64. The maximum absolute atomic E-state index is 12.3. The van der Waals surface area contributed by atoms with E-state index in [1.165, 1.54) is 0 Å². The van der Waals surface area contributed by atoms with Crippen LogP contribution in [0.3, 0.4) is 0 Å². The van der Waals surface area contributed by atoms with E-state index in [-0.39, 0.29) is 11.6 Å². The van der Waals surface area contributed by atoms with E-state index in [0.717, 1.165) is 37.2 Å². The largest absolute Gasteiger partial charge is 0.497 e. The van der Waals surface area contributed by atoms with Gasteiger partial charge in [-0.1, -0.05) is 0 Å². The fourth-order valence-corrected chi connectivity index (χ4v) is 2.69. The fraction of sp³-hybridized carbons (Fsp3) is 0.375. The number of rotatable bonds is 3. The van der Waals surface area contributed by atoms with Gasteiger partial charge >= 0.3 is 0 Å². The Bertz CT molecular complexity index is 658. The van der Waals surface area contributed by atoms with Crippen molar-refractivity contribution in [1.82, 2.24) is 14.9 Å². The van der Waals surface area contributed by atoms with Gasteiger partial charge < -0.3 is 10.1 Å². The smallest absolute Gasteiger partial charge is 0.254 e. The van der Waals surface area contributed by atoms with Crippen molar-refractivity contribution in [2.24, 2.45) is 0 Å². The van der Waals surface area contributed by atoms with Crippen molar-refractivity contribution in [1.29, 1.82) is 0 Å². The summed E-state index contributed by atoms with van der Waals surface area (Å²) in [4.78, 5) is 16.8. The Labute approximate surface area is 123 Å². The Kier molecular flexibility index (Phi) is 4.01. The van der Waals surface area contributed by atoms with E-state index in [4.69, 9.17) is 4.74 Å². The first-order chi connectivity index (χ1) is 10.3. The molecule has 0 aliphatic carbocycles. The lowest BCUT2D eigenvalue weighted by Gasteiger charge is -2.24. The number of hydrogen-bond donors (Lipinski definition) is 1. The molecule has 110 valence electrons. The van der Waals surface area contributed by atoms with Crippen molar-refractivity contribution < 1.29 is 4.74 Å². The van der Waals surface area contributed by atoms with Gasteiger partial charge in [0.15, 0.2) is 0 Å². The number of ether oxygens (including phenoxy) is 1. The normalized spacial score (nSPS) is 15.9. The van der Waals surface area contributed by atoms with Crippen LogP contribution in [0.25, 0.3) is 11.3 Å². The Hall–Kier alpha value is -2.14. The van der Waals surface area contributed by atoms with E-state index in [0.29, 0.717) is 5.69 Å². The molecule has 5 nitrogen and oxygen atoms in total. The highest BCUT2D eigenvalue weighted by atomic mass is 16.5. The number of nitrogens with one attached hydrogen (secondary N) is 1. The fourth-order valence-electron chi connectivity index (χ4n) is 2.69. The minimum absolute atomic E-state index is 0.0164. The summed E-state index contributed by atoms with van der Waals surface area (Å²) in [6.07, 6.45) is 3.63. The molecule has 1 fully saturated rings. The van der Waals surface area contributed by atoms with Crippen LogP contribution in [0.15, 0.2) is 41.5 Å². The average Bonchev–Trinajstić information content (AvgIpc) is 2.55. The van der Waals surface area contributed by atoms with Crippen LogP contribution >= 0.6 is 0 Å². The Morgan fingerprint density at radius 1 is 1.24 bits per heavy atom. The zero-order valence-corrected chi connectivity index (χ0v) is 12.1. The summed E-state index contributed by atoms with van der Waals surface area (Å²) in [6.45, 7) is 1.91. The van der Waals surface area contributed by atoms with E-state index in [2.05, 4.69) is 10.3 Å². The Morgan fingerprint density at radius 3 is 2.57 bits per heavy atom. The SMILES string of the molecule is COc1ccc(-c2cc(=O)n(C3CCNCC3)cn2)cc1. The van der Waals surface area contributed by atoms with Crippen LogP contribution < -0.4 is 15.6 Å². The molecule has 0 saturated carbocycles. The molecule has 2 aromatic rings. The number of hydrogen-bond acceptors (Lipinski definition) is 4. The molecule has 0 spiro atoms. The van der Waals surface area contributed by atoms with Crippen LogP contribution in [0.2, 0.25) is 0 Å². The van der Waals surface area contributed by atoms with Gasteiger partial charge in [0, 0.05) is 17.7 Å². The summed E-state index contributed by atoms with van der Waals surface area (Å²) in [5.74, 6) is 0.793. The van der Waals surface area contributed by atoms with Crippen molar-refractivity contribution in [2.45, 2.75) is 18.9 Å². The van der Waals surface area contributed by atoms with Crippen LogP contribution in [0.5, 0.6) is 5.75 Å². The predicted molar refractivity (Wildman–Crippen MR) is 81.6 cm³/mol. The molecule has 1 N–H and O–H groups in total. The molecular formula is C16H19N3O2. The van der Waals surface area contributed by atoms with Crippen molar-refractivity contribution in [3.63, 3.8) is 0 Å². The first kappa shape index (κ1) is 13.8. The molecule has 1 saturated heterocycles. The molecule has 5 heteroatoms. The van der Waals surface area contributed by atoms with Gasteiger partial charge in [-0.3, -0.25) is 9.36 Å². The second-order valence-corrected chi connectivity index (χ2v) is 5.23. The van der Waals surface area contributed by atoms with E-state index >= 15 is 0 Å². The van der Waals surface area contributed by atoms with Gasteiger partial charge in [0.05, 0.1) is 19.1 Å². The Morgan fingerprint density at radius 2 is 1.95 bits per heavy atom. The zero-order valence-electron chi connectivity index (χ0n) is 12.1. The quantitative estimate of drug-likeness (QED) is 0.935. The van der Waals surface area contributed by atoms with E-state index < -0.39 is 0 Å². The van der Waals surface area contributed by atoms with Gasteiger partial charge in [0.1, 0.15) is 5.75 Å². The molecule has 0 atom stereocenters. The van der Waals surface area contributed by atoms with Crippen molar-refractivity contribution in [3.8, 4) is 17.0 Å². The monoisotopic (exact) mass is 285 g/mol. The number of benzene rings is 1. The van der Waals surface area contributed by atoms with Crippen LogP contribution in [0.1, 0.15) is 18.9 Å². The van der Waals surface area contributed by atoms with Crippen LogP contribution in [-0.4, -0.2) is 29.8 Å². The lowest BCUT2D eigenvalue weighted by Crippen LogP contribution is -2.34. The van der Waals surface area contributed by atoms with E-state index in [1.54, 1.807) is 24.1 Å². The molecule has 21 heavy (non-hydrogen) atoms. The maximum Gasteiger partial charge on any atom is 0.254 e. The van der Waals surface area contributed by atoms with E-state index in [9.17, 15) is 4.79 Å². The molecule has 0 amide bonds. The second-order valence-electron chi connectivity index (χ2n) is 5.23. The van der Waals surface area contributed by atoms with Crippen LogP contribution in [-0.2, 0) is 0 Å². The molecule has 1 aliphatic heterocycles. The van der Waals surface area contributed by atoms with Gasteiger partial charge in [-0.25, -0.2) is 4.98 Å². The molecule has 0 radical (unpaired) electrons. The first-order valence-electron chi connectivity index (χ1n) is 7.21. The van der Waals surface area contributed by atoms with Gasteiger partial charge in [0.25, 0.3) is 5.56 Å². The highest BCUT2D eigenvalue weighted by molar-refractivity contribution is 5.59. The highest BCUT2D eigenvalue weighted by Gasteiger charge is 2.16.